The molecule has 332 valence electrons. The average Bonchev–Trinajstić information content (AvgIpc) is 3.85. The molecule has 14 rings (SSSR count). The van der Waals surface area contributed by atoms with Gasteiger partial charge in [0.05, 0.1) is 11.4 Å². The molecule has 2 nitrogen and oxygen atoms in total. The van der Waals surface area contributed by atoms with E-state index in [2.05, 4.69) is 160 Å². The molecule has 2 N–H and O–H groups in total. The van der Waals surface area contributed by atoms with Gasteiger partial charge in [0.1, 0.15) is 0 Å². The molecule has 0 aliphatic heterocycles. The fraction of sp³-hybridized carbons (Fsp3) is 0.242. The molecule has 0 saturated heterocycles. The van der Waals surface area contributed by atoms with Crippen LogP contribution < -0.4 is 10.6 Å². The second-order valence-corrected chi connectivity index (χ2v) is 20.7. The summed E-state index contributed by atoms with van der Waals surface area (Å²) in [6, 6.07) is 48.7. The van der Waals surface area contributed by atoms with E-state index in [1.54, 1.807) is 0 Å². The van der Waals surface area contributed by atoms with E-state index in [9.17, 15) is 0 Å². The monoisotopic (exact) mass is 878 g/mol. The van der Waals surface area contributed by atoms with Crippen LogP contribution >= 0.6 is 0 Å². The highest BCUT2D eigenvalue weighted by molar-refractivity contribution is 6.45. The first-order chi connectivity index (χ1) is 33.5. The third-order valence-corrected chi connectivity index (χ3v) is 16.7. The molecule has 0 unspecified atom stereocenters. The van der Waals surface area contributed by atoms with Crippen LogP contribution in [0.5, 0.6) is 0 Å². The van der Waals surface area contributed by atoms with Gasteiger partial charge in [-0.15, -0.1) is 0 Å². The molecule has 0 fully saturated rings. The second-order valence-electron chi connectivity index (χ2n) is 20.7. The van der Waals surface area contributed by atoms with E-state index >= 15 is 0 Å². The highest BCUT2D eigenvalue weighted by Gasteiger charge is 2.29. The molecule has 2 aliphatic carbocycles. The Kier molecular flexibility index (Phi) is 9.05. The van der Waals surface area contributed by atoms with Gasteiger partial charge in [0.15, 0.2) is 0 Å². The zero-order valence-corrected chi connectivity index (χ0v) is 40.0. The van der Waals surface area contributed by atoms with E-state index in [4.69, 9.17) is 0 Å². The standard InChI is InChI=1S/C66H58N2/c1-5-7-9-11-12-14-28-68-60-36-42-34-58-54-26-22-50-46-18-16-44-48-20-24-52-56-32-40-30-38(4)37(3)29-39(40)31-55(56)51-23-19-47(63(48)65(51)52)43-15-17-45(62(46)61(43)44)49-21-25-53(66(54)64(49)50)57(58)33-41(42)35-59(60)67-27-13-10-8-6-2/h15-26,29-36,67-68H,5-14,27-28H2,1-4H3. The Bertz CT molecular complexity index is 3920. The van der Waals surface area contributed by atoms with Crippen LogP contribution in [-0.4, -0.2) is 13.1 Å². The summed E-state index contributed by atoms with van der Waals surface area (Å²) in [6.45, 7) is 11.1. The Labute approximate surface area is 399 Å². The van der Waals surface area contributed by atoms with E-state index < -0.39 is 0 Å². The molecule has 12 aromatic rings. The van der Waals surface area contributed by atoms with Crippen molar-refractivity contribution in [1.82, 2.24) is 0 Å². The topological polar surface area (TPSA) is 24.1 Å². The van der Waals surface area contributed by atoms with Crippen LogP contribution in [0, 0.1) is 13.8 Å². The SMILES string of the molecule is CCCCCCCCNc1cc2cc3c(cc2cc1NCCCCCC)-c1ccc2c4ccc5c6ccc7c8c(ccc(c9ccc(c%10ccc-3c1c2%10)c4c59)c86)-c1cc2cc(C)c(C)cc2cc1-7. The lowest BCUT2D eigenvalue weighted by molar-refractivity contribution is 0.617. The first kappa shape index (κ1) is 40.2. The molecule has 0 heterocycles. The Hall–Kier alpha value is -6.90. The first-order valence-corrected chi connectivity index (χ1v) is 26.0. The number of benzene rings is 12. The fourth-order valence-electron chi connectivity index (χ4n) is 13.2. The molecule has 2 aliphatic rings. The zero-order chi connectivity index (χ0) is 45.4. The average molecular weight is 879 g/mol. The number of rotatable bonds is 14. The summed E-state index contributed by atoms with van der Waals surface area (Å²) in [4.78, 5) is 0. The number of unbranched alkanes of at least 4 members (excludes halogenated alkanes) is 8. The maximum absolute atomic E-state index is 3.89. The summed E-state index contributed by atoms with van der Waals surface area (Å²) in [5, 5.41) is 32.3. The highest BCUT2D eigenvalue weighted by atomic mass is 14.9. The van der Waals surface area contributed by atoms with E-state index in [0.29, 0.717) is 0 Å². The van der Waals surface area contributed by atoms with Crippen molar-refractivity contribution in [1.29, 1.82) is 0 Å². The maximum atomic E-state index is 3.89. The number of hydrogen-bond donors (Lipinski definition) is 2. The van der Waals surface area contributed by atoms with Gasteiger partial charge in [-0.05, 0) is 216 Å². The van der Waals surface area contributed by atoms with Gasteiger partial charge in [-0.3, -0.25) is 0 Å². The zero-order valence-electron chi connectivity index (χ0n) is 40.0. The largest absolute Gasteiger partial charge is 0.383 e. The number of nitrogens with one attached hydrogen (secondary N) is 2. The minimum atomic E-state index is 1.01. The van der Waals surface area contributed by atoms with E-state index in [1.807, 2.05) is 0 Å². The molecular weight excluding hydrogens is 821 g/mol. The lowest BCUT2D eigenvalue weighted by Gasteiger charge is -2.20. The van der Waals surface area contributed by atoms with Gasteiger partial charge >= 0.3 is 0 Å². The van der Waals surface area contributed by atoms with Crippen LogP contribution in [0.1, 0.15) is 89.2 Å². The van der Waals surface area contributed by atoms with Crippen molar-refractivity contribution in [2.24, 2.45) is 0 Å². The minimum absolute atomic E-state index is 1.01. The molecule has 0 radical (unpaired) electrons. The van der Waals surface area contributed by atoms with Gasteiger partial charge in [0, 0.05) is 13.1 Å². The van der Waals surface area contributed by atoms with Crippen LogP contribution in [0.4, 0.5) is 11.4 Å². The van der Waals surface area contributed by atoms with Gasteiger partial charge in [-0.1, -0.05) is 150 Å². The van der Waals surface area contributed by atoms with Gasteiger partial charge in [-0.25, -0.2) is 0 Å². The summed E-state index contributed by atoms with van der Waals surface area (Å²) in [5.41, 5.74) is 16.1. The number of anilines is 2. The Morgan fingerprint density at radius 2 is 0.559 bits per heavy atom. The first-order valence-electron chi connectivity index (χ1n) is 26.0. The second kappa shape index (κ2) is 15.3. The number of aryl methyl sites for hydroxylation is 2. The van der Waals surface area contributed by atoms with Gasteiger partial charge < -0.3 is 10.6 Å². The van der Waals surface area contributed by atoms with Crippen LogP contribution in [0.25, 0.3) is 141 Å². The molecule has 12 aromatic carbocycles. The molecule has 0 amide bonds. The third kappa shape index (κ3) is 5.70. The minimum Gasteiger partial charge on any atom is -0.383 e. The van der Waals surface area contributed by atoms with Crippen LogP contribution in [0.15, 0.2) is 121 Å². The quantitative estimate of drug-likeness (QED) is 0.0646. The molecular formula is C66H58N2. The van der Waals surface area contributed by atoms with Crippen LogP contribution in [0.3, 0.4) is 0 Å². The van der Waals surface area contributed by atoms with Crippen molar-refractivity contribution in [3.8, 4) is 44.5 Å². The Balaban J connectivity index is 0.905. The Morgan fingerprint density at radius 1 is 0.279 bits per heavy atom. The number of hydrogen-bond acceptors (Lipinski definition) is 2. The smallest absolute Gasteiger partial charge is 0.0582 e. The molecule has 0 aromatic heterocycles. The van der Waals surface area contributed by atoms with Crippen LogP contribution in [-0.2, 0) is 0 Å². The van der Waals surface area contributed by atoms with Crippen molar-refractivity contribution >= 4 is 108 Å². The van der Waals surface area contributed by atoms with Crippen molar-refractivity contribution in [2.75, 3.05) is 23.7 Å². The summed E-state index contributed by atoms with van der Waals surface area (Å²) in [6.07, 6.45) is 12.9. The highest BCUT2D eigenvalue weighted by Crippen LogP contribution is 2.57. The predicted molar refractivity (Wildman–Crippen MR) is 299 cm³/mol. The molecule has 0 spiro atoms. The van der Waals surface area contributed by atoms with E-state index in [0.717, 1.165) is 13.1 Å². The van der Waals surface area contributed by atoms with Crippen LogP contribution in [0.2, 0.25) is 0 Å². The van der Waals surface area contributed by atoms with Gasteiger partial charge in [0.2, 0.25) is 0 Å². The van der Waals surface area contributed by atoms with Gasteiger partial charge in [-0.2, -0.15) is 0 Å². The van der Waals surface area contributed by atoms with Crippen molar-refractivity contribution < 1.29 is 0 Å². The summed E-state index contributed by atoms with van der Waals surface area (Å²) in [7, 11) is 0. The molecule has 0 saturated carbocycles. The van der Waals surface area contributed by atoms with Crippen molar-refractivity contribution in [3.05, 3.63) is 132 Å². The fourth-order valence-corrected chi connectivity index (χ4v) is 13.2. The predicted octanol–water partition coefficient (Wildman–Crippen LogP) is 19.6. The maximum Gasteiger partial charge on any atom is 0.0582 e. The molecule has 0 bridgehead atoms. The van der Waals surface area contributed by atoms with Gasteiger partial charge in [0.25, 0.3) is 0 Å². The summed E-state index contributed by atoms with van der Waals surface area (Å²) in [5.74, 6) is 0. The Morgan fingerprint density at radius 3 is 0.912 bits per heavy atom. The van der Waals surface area contributed by atoms with E-state index in [1.165, 1.54) is 228 Å². The lowest BCUT2D eigenvalue weighted by Crippen LogP contribution is -2.08. The van der Waals surface area contributed by atoms with Crippen molar-refractivity contribution in [2.45, 2.75) is 91.9 Å². The summed E-state index contributed by atoms with van der Waals surface area (Å²) < 4.78 is 0. The number of fused-ring (bicyclic) bond motifs is 12. The van der Waals surface area contributed by atoms with E-state index in [-0.39, 0.29) is 0 Å². The molecule has 0 atom stereocenters. The van der Waals surface area contributed by atoms with Crippen molar-refractivity contribution in [3.63, 3.8) is 0 Å². The molecule has 2 heteroatoms. The molecule has 68 heavy (non-hydrogen) atoms. The third-order valence-electron chi connectivity index (χ3n) is 16.7. The summed E-state index contributed by atoms with van der Waals surface area (Å²) >= 11 is 0. The normalized spacial score (nSPS) is 12.8. The lowest BCUT2D eigenvalue weighted by atomic mass is 9.83.